The second-order valence-corrected chi connectivity index (χ2v) is 5.28. The Balaban J connectivity index is 1.85. The van der Waals surface area contributed by atoms with Crippen molar-refractivity contribution in [3.63, 3.8) is 0 Å². The molecule has 1 unspecified atom stereocenters. The average Bonchev–Trinajstić information content (AvgIpc) is 2.52. The normalized spacial score (nSPS) is 19.7. The summed E-state index contributed by atoms with van der Waals surface area (Å²) >= 11 is 0. The number of nitrogens with one attached hydrogen (secondary N) is 1. The van der Waals surface area contributed by atoms with Crippen molar-refractivity contribution in [3.05, 3.63) is 35.9 Å². The summed E-state index contributed by atoms with van der Waals surface area (Å²) in [6, 6.07) is 7.73. The number of benzene rings is 1. The Hall–Kier alpha value is -1.88. The van der Waals surface area contributed by atoms with Crippen LogP contribution in [-0.4, -0.2) is 29.7 Å². The number of amides is 1. The van der Waals surface area contributed by atoms with Crippen LogP contribution in [0.2, 0.25) is 0 Å². The van der Waals surface area contributed by atoms with Gasteiger partial charge in [-0.2, -0.15) is 0 Å². The van der Waals surface area contributed by atoms with E-state index in [9.17, 15) is 14.7 Å². The van der Waals surface area contributed by atoms with Gasteiger partial charge in [0.1, 0.15) is 0 Å². The molecule has 114 valence electrons. The first-order valence-corrected chi connectivity index (χ1v) is 7.35. The van der Waals surface area contributed by atoms with Crippen molar-refractivity contribution in [3.8, 4) is 0 Å². The number of hydrogen-bond donors (Lipinski definition) is 2. The Morgan fingerprint density at radius 1 is 1.29 bits per heavy atom. The lowest BCUT2D eigenvalue weighted by Gasteiger charge is -2.22. The summed E-state index contributed by atoms with van der Waals surface area (Å²) in [6.07, 6.45) is 4.26. The zero-order chi connectivity index (χ0) is 15.1. The van der Waals surface area contributed by atoms with Crippen LogP contribution in [0.3, 0.4) is 0 Å². The molecular formula is C16H21NO4. The molecule has 21 heavy (non-hydrogen) atoms. The maximum absolute atomic E-state index is 11.9. The third-order valence-corrected chi connectivity index (χ3v) is 3.65. The van der Waals surface area contributed by atoms with Crippen LogP contribution >= 0.6 is 0 Å². The molecule has 0 aromatic heterocycles. The Labute approximate surface area is 124 Å². The molecule has 1 aliphatic heterocycles. The van der Waals surface area contributed by atoms with Crippen LogP contribution in [0.25, 0.3) is 0 Å². The second-order valence-electron chi connectivity index (χ2n) is 5.28. The summed E-state index contributed by atoms with van der Waals surface area (Å²) < 4.78 is 5.57. The van der Waals surface area contributed by atoms with Gasteiger partial charge in [-0.25, -0.2) is 4.79 Å². The summed E-state index contributed by atoms with van der Waals surface area (Å²) in [7, 11) is 0. The number of rotatable bonds is 6. The summed E-state index contributed by atoms with van der Waals surface area (Å²) in [5.41, 5.74) is 0.576. The molecular weight excluding hydrogens is 270 g/mol. The quantitative estimate of drug-likeness (QED) is 0.843. The Bertz CT molecular complexity index is 468. The minimum absolute atomic E-state index is 0.129. The summed E-state index contributed by atoms with van der Waals surface area (Å²) in [5, 5.41) is 11.8. The van der Waals surface area contributed by atoms with Gasteiger partial charge < -0.3 is 15.2 Å². The molecule has 0 saturated carbocycles. The van der Waals surface area contributed by atoms with Gasteiger partial charge in [0.05, 0.1) is 6.10 Å². The third kappa shape index (κ3) is 4.86. The molecule has 5 heteroatoms. The standard InChI is InChI=1S/C16H21NO4/c18-14(10-9-13-8-4-5-11-21-13)17-15(16(19)20)12-6-2-1-3-7-12/h1-3,6-7,13,15H,4-5,8-11H2,(H,17,18)(H,19,20)/t13?,15-/m0/s1. The number of carboxylic acids is 1. The Kier molecular flexibility index (Phi) is 5.75. The van der Waals surface area contributed by atoms with Crippen molar-refractivity contribution in [2.75, 3.05) is 6.61 Å². The predicted molar refractivity (Wildman–Crippen MR) is 77.8 cm³/mol. The van der Waals surface area contributed by atoms with Crippen LogP contribution in [0.5, 0.6) is 0 Å². The second kappa shape index (κ2) is 7.78. The van der Waals surface area contributed by atoms with Crippen molar-refractivity contribution >= 4 is 11.9 Å². The average molecular weight is 291 g/mol. The number of carbonyl (C=O) groups excluding carboxylic acids is 1. The van der Waals surface area contributed by atoms with Gasteiger partial charge in [-0.15, -0.1) is 0 Å². The van der Waals surface area contributed by atoms with E-state index in [1.165, 1.54) is 0 Å². The van der Waals surface area contributed by atoms with E-state index in [-0.39, 0.29) is 12.0 Å². The molecule has 1 amide bonds. The van der Waals surface area contributed by atoms with Crippen LogP contribution < -0.4 is 5.32 Å². The van der Waals surface area contributed by atoms with Crippen molar-refractivity contribution in [2.45, 2.75) is 44.2 Å². The van der Waals surface area contributed by atoms with Gasteiger partial charge in [0.25, 0.3) is 0 Å². The Morgan fingerprint density at radius 3 is 2.67 bits per heavy atom. The molecule has 1 aromatic carbocycles. The van der Waals surface area contributed by atoms with E-state index in [1.54, 1.807) is 24.3 Å². The largest absolute Gasteiger partial charge is 0.479 e. The molecule has 2 rings (SSSR count). The van der Waals surface area contributed by atoms with Gasteiger partial charge in [-0.05, 0) is 31.2 Å². The van der Waals surface area contributed by atoms with Crippen molar-refractivity contribution in [2.24, 2.45) is 0 Å². The monoisotopic (exact) mass is 291 g/mol. The van der Waals surface area contributed by atoms with Crippen LogP contribution in [0.15, 0.2) is 30.3 Å². The van der Waals surface area contributed by atoms with Crippen LogP contribution in [0.1, 0.15) is 43.7 Å². The molecule has 0 radical (unpaired) electrons. The first-order chi connectivity index (χ1) is 10.2. The van der Waals surface area contributed by atoms with Gasteiger partial charge in [-0.1, -0.05) is 30.3 Å². The van der Waals surface area contributed by atoms with Gasteiger partial charge >= 0.3 is 5.97 Å². The first-order valence-electron chi connectivity index (χ1n) is 7.35. The van der Waals surface area contributed by atoms with E-state index in [1.807, 2.05) is 6.07 Å². The summed E-state index contributed by atoms with van der Waals surface area (Å²) in [6.45, 7) is 0.758. The highest BCUT2D eigenvalue weighted by Gasteiger charge is 2.22. The SMILES string of the molecule is O=C(CCC1CCCCO1)N[C@H](C(=O)O)c1ccccc1. The Morgan fingerprint density at radius 2 is 2.05 bits per heavy atom. The van der Waals surface area contributed by atoms with Gasteiger partial charge in [0.15, 0.2) is 6.04 Å². The zero-order valence-corrected chi connectivity index (χ0v) is 12.0. The maximum Gasteiger partial charge on any atom is 0.330 e. The van der Waals surface area contributed by atoms with E-state index in [4.69, 9.17) is 4.74 Å². The van der Waals surface area contributed by atoms with E-state index in [0.717, 1.165) is 25.9 Å². The van der Waals surface area contributed by atoms with E-state index in [0.29, 0.717) is 18.4 Å². The lowest BCUT2D eigenvalue weighted by atomic mass is 10.0. The topological polar surface area (TPSA) is 75.6 Å². The summed E-state index contributed by atoms with van der Waals surface area (Å²) in [4.78, 5) is 23.2. The molecule has 1 heterocycles. The molecule has 2 atom stereocenters. The highest BCUT2D eigenvalue weighted by atomic mass is 16.5. The number of aliphatic carboxylic acids is 1. The van der Waals surface area contributed by atoms with Gasteiger partial charge in [0.2, 0.25) is 5.91 Å². The fourth-order valence-electron chi connectivity index (χ4n) is 2.49. The lowest BCUT2D eigenvalue weighted by Crippen LogP contribution is -2.34. The minimum Gasteiger partial charge on any atom is -0.479 e. The van der Waals surface area contributed by atoms with Gasteiger partial charge in [0, 0.05) is 13.0 Å². The lowest BCUT2D eigenvalue weighted by molar-refractivity contribution is -0.142. The number of carbonyl (C=O) groups is 2. The highest BCUT2D eigenvalue weighted by Crippen LogP contribution is 2.18. The van der Waals surface area contributed by atoms with Crippen LogP contribution in [0.4, 0.5) is 0 Å². The molecule has 1 saturated heterocycles. The van der Waals surface area contributed by atoms with Crippen molar-refractivity contribution < 1.29 is 19.4 Å². The third-order valence-electron chi connectivity index (χ3n) is 3.65. The van der Waals surface area contributed by atoms with Crippen molar-refractivity contribution in [1.82, 2.24) is 5.32 Å². The van der Waals surface area contributed by atoms with Crippen LogP contribution in [0, 0.1) is 0 Å². The van der Waals surface area contributed by atoms with Gasteiger partial charge in [-0.3, -0.25) is 4.79 Å². The molecule has 5 nitrogen and oxygen atoms in total. The number of carboxylic acid groups (broad SMARTS) is 1. The predicted octanol–water partition coefficient (Wildman–Crippen LogP) is 2.28. The highest BCUT2D eigenvalue weighted by molar-refractivity contribution is 5.84. The number of hydrogen-bond acceptors (Lipinski definition) is 3. The molecule has 0 bridgehead atoms. The fourth-order valence-corrected chi connectivity index (χ4v) is 2.49. The molecule has 1 aromatic rings. The van der Waals surface area contributed by atoms with E-state index in [2.05, 4.69) is 5.32 Å². The molecule has 1 fully saturated rings. The molecule has 2 N–H and O–H groups in total. The van der Waals surface area contributed by atoms with E-state index >= 15 is 0 Å². The summed E-state index contributed by atoms with van der Waals surface area (Å²) in [5.74, 6) is -1.30. The fraction of sp³-hybridized carbons (Fsp3) is 0.500. The van der Waals surface area contributed by atoms with Crippen LogP contribution in [-0.2, 0) is 14.3 Å². The zero-order valence-electron chi connectivity index (χ0n) is 12.0. The molecule has 1 aliphatic rings. The molecule has 0 spiro atoms. The number of ether oxygens (including phenoxy) is 1. The molecule has 0 aliphatic carbocycles. The maximum atomic E-state index is 11.9. The first kappa shape index (κ1) is 15.5. The minimum atomic E-state index is -1.05. The smallest absolute Gasteiger partial charge is 0.330 e. The van der Waals surface area contributed by atoms with Crippen molar-refractivity contribution in [1.29, 1.82) is 0 Å². The van der Waals surface area contributed by atoms with E-state index < -0.39 is 12.0 Å².